The summed E-state index contributed by atoms with van der Waals surface area (Å²) in [6, 6.07) is 1.88. The Kier molecular flexibility index (Phi) is 2.28. The minimum absolute atomic E-state index is 0.0830. The van der Waals surface area contributed by atoms with E-state index in [2.05, 4.69) is 10.6 Å². The molecule has 7 nitrogen and oxygen atoms in total. The fourth-order valence-corrected chi connectivity index (χ4v) is 4.05. The molecule has 2 fully saturated rings. The Hall–Kier alpha value is -2.07. The van der Waals surface area contributed by atoms with E-state index in [-0.39, 0.29) is 11.4 Å². The summed E-state index contributed by atoms with van der Waals surface area (Å²) in [5, 5.41) is 25.1. The summed E-state index contributed by atoms with van der Waals surface area (Å²) in [5.74, 6) is -1.35. The van der Waals surface area contributed by atoms with Crippen LogP contribution in [0.4, 0.5) is 0 Å². The van der Waals surface area contributed by atoms with Crippen LogP contribution in [0, 0.1) is 22.2 Å². The van der Waals surface area contributed by atoms with E-state index in [1.807, 2.05) is 6.07 Å². The number of nitrogens with zero attached hydrogens (tertiary/aromatic N) is 1. The molecule has 3 rings (SSSR count). The summed E-state index contributed by atoms with van der Waals surface area (Å²) in [5.41, 5.74) is 1.32. The number of hydrogen-bond donors (Lipinski definition) is 4. The van der Waals surface area contributed by atoms with Crippen molar-refractivity contribution in [2.45, 2.75) is 38.3 Å². The van der Waals surface area contributed by atoms with E-state index < -0.39 is 28.4 Å². The monoisotopic (exact) mass is 276 g/mol. The lowest BCUT2D eigenvalue weighted by Crippen LogP contribution is -2.58. The molecule has 2 amide bonds. The number of nitrogens with one attached hydrogen (secondary N) is 2. The third kappa shape index (κ3) is 1.06. The SMILES string of the molecule is C[C@]12CCCC[C@]1(O)NC(=O)[C@]21C(=O)NC(N)=C1C#N. The Morgan fingerprint density at radius 2 is 1.95 bits per heavy atom. The normalized spacial score (nSPS) is 43.2. The molecular weight excluding hydrogens is 260 g/mol. The molecule has 0 aromatic heterocycles. The quantitative estimate of drug-likeness (QED) is 0.430. The summed E-state index contributed by atoms with van der Waals surface area (Å²) >= 11 is 0. The van der Waals surface area contributed by atoms with E-state index >= 15 is 0 Å². The molecule has 1 saturated carbocycles. The molecule has 2 aliphatic heterocycles. The topological polar surface area (TPSA) is 128 Å². The molecule has 1 aliphatic carbocycles. The molecule has 3 aliphatic rings. The Labute approximate surface area is 115 Å². The number of rotatable bonds is 0. The van der Waals surface area contributed by atoms with Gasteiger partial charge < -0.3 is 21.5 Å². The van der Waals surface area contributed by atoms with Gasteiger partial charge in [0.15, 0.2) is 5.41 Å². The highest BCUT2D eigenvalue weighted by atomic mass is 16.3. The van der Waals surface area contributed by atoms with Crippen molar-refractivity contribution in [2.75, 3.05) is 0 Å². The minimum Gasteiger partial charge on any atom is -0.384 e. The molecule has 0 aromatic carbocycles. The van der Waals surface area contributed by atoms with E-state index in [1.54, 1.807) is 6.92 Å². The Morgan fingerprint density at radius 1 is 1.30 bits per heavy atom. The third-order valence-corrected chi connectivity index (χ3v) is 5.21. The van der Waals surface area contributed by atoms with Crippen LogP contribution in [0.5, 0.6) is 0 Å². The molecule has 7 heteroatoms. The number of aliphatic hydroxyl groups is 1. The molecule has 5 N–H and O–H groups in total. The maximum Gasteiger partial charge on any atom is 0.247 e. The standard InChI is InChI=1S/C13H16N4O3/c1-11-4-2-3-5-12(11,20)17-10(19)13(11)7(6-14)8(15)16-9(13)18/h20H,2-5,15H2,1H3,(H,16,18)(H,17,19)/t11-,12+,13-/m0/s1. The number of carbonyl (C=O) groups is 2. The van der Waals surface area contributed by atoms with Gasteiger partial charge in [0.1, 0.15) is 17.6 Å². The molecule has 0 aromatic rings. The molecule has 1 saturated heterocycles. The number of nitrogens with two attached hydrogens (primary N) is 1. The fourth-order valence-electron chi connectivity index (χ4n) is 4.05. The van der Waals surface area contributed by atoms with Gasteiger partial charge in [0, 0.05) is 5.41 Å². The Morgan fingerprint density at radius 3 is 2.60 bits per heavy atom. The second-order valence-corrected chi connectivity index (χ2v) is 5.96. The van der Waals surface area contributed by atoms with Crippen molar-refractivity contribution in [1.82, 2.24) is 10.6 Å². The van der Waals surface area contributed by atoms with Gasteiger partial charge in [0.2, 0.25) is 11.8 Å². The van der Waals surface area contributed by atoms with Crippen molar-refractivity contribution >= 4 is 11.8 Å². The zero-order valence-electron chi connectivity index (χ0n) is 11.1. The number of fused-ring (bicyclic) bond motifs is 2. The number of carbonyl (C=O) groups excluding carboxylic acids is 2. The van der Waals surface area contributed by atoms with Crippen LogP contribution in [-0.2, 0) is 9.59 Å². The Bertz CT molecular complexity index is 607. The predicted molar refractivity (Wildman–Crippen MR) is 67.1 cm³/mol. The number of amides is 2. The second-order valence-electron chi connectivity index (χ2n) is 5.96. The Balaban J connectivity index is 2.30. The van der Waals surface area contributed by atoms with E-state index in [9.17, 15) is 20.0 Å². The van der Waals surface area contributed by atoms with Crippen molar-refractivity contribution in [3.8, 4) is 6.07 Å². The zero-order valence-corrected chi connectivity index (χ0v) is 11.1. The molecule has 0 unspecified atom stereocenters. The first-order chi connectivity index (χ1) is 9.33. The van der Waals surface area contributed by atoms with Crippen LogP contribution in [-0.4, -0.2) is 22.6 Å². The minimum atomic E-state index is -1.72. The van der Waals surface area contributed by atoms with Gasteiger partial charge in [0.25, 0.3) is 0 Å². The first kappa shape index (κ1) is 12.9. The van der Waals surface area contributed by atoms with E-state index in [4.69, 9.17) is 5.73 Å². The van der Waals surface area contributed by atoms with Crippen LogP contribution in [0.3, 0.4) is 0 Å². The van der Waals surface area contributed by atoms with Crippen molar-refractivity contribution in [2.24, 2.45) is 16.6 Å². The molecule has 1 spiro atoms. The molecular formula is C13H16N4O3. The third-order valence-electron chi connectivity index (χ3n) is 5.21. The highest BCUT2D eigenvalue weighted by Gasteiger charge is 2.77. The summed E-state index contributed by atoms with van der Waals surface area (Å²) in [7, 11) is 0. The molecule has 2 heterocycles. The number of nitriles is 1. The van der Waals surface area contributed by atoms with Crippen molar-refractivity contribution in [3.05, 3.63) is 11.4 Å². The van der Waals surface area contributed by atoms with Gasteiger partial charge in [-0.1, -0.05) is 13.3 Å². The summed E-state index contributed by atoms with van der Waals surface area (Å²) in [4.78, 5) is 25.0. The molecule has 0 radical (unpaired) electrons. The first-order valence-corrected chi connectivity index (χ1v) is 6.60. The van der Waals surface area contributed by atoms with E-state index in [1.165, 1.54) is 0 Å². The van der Waals surface area contributed by atoms with Crippen LogP contribution >= 0.6 is 0 Å². The summed E-state index contributed by atoms with van der Waals surface area (Å²) < 4.78 is 0. The summed E-state index contributed by atoms with van der Waals surface area (Å²) in [6.45, 7) is 1.68. The van der Waals surface area contributed by atoms with Gasteiger partial charge >= 0.3 is 0 Å². The van der Waals surface area contributed by atoms with Crippen molar-refractivity contribution < 1.29 is 14.7 Å². The maximum atomic E-state index is 12.5. The zero-order chi connectivity index (χ0) is 14.8. The molecule has 20 heavy (non-hydrogen) atoms. The maximum absolute atomic E-state index is 12.5. The van der Waals surface area contributed by atoms with Gasteiger partial charge in [-0.15, -0.1) is 0 Å². The van der Waals surface area contributed by atoms with Crippen molar-refractivity contribution in [1.29, 1.82) is 5.26 Å². The smallest absolute Gasteiger partial charge is 0.247 e. The van der Waals surface area contributed by atoms with E-state index in [0.29, 0.717) is 12.8 Å². The highest BCUT2D eigenvalue weighted by Crippen LogP contribution is 2.62. The van der Waals surface area contributed by atoms with Crippen LogP contribution in [0.1, 0.15) is 32.6 Å². The predicted octanol–water partition coefficient (Wildman–Crippen LogP) is -0.805. The van der Waals surface area contributed by atoms with Crippen molar-refractivity contribution in [3.63, 3.8) is 0 Å². The number of hydrogen-bond acceptors (Lipinski definition) is 5. The molecule has 0 bridgehead atoms. The van der Waals surface area contributed by atoms with Crippen LogP contribution in [0.15, 0.2) is 11.4 Å². The lowest BCUT2D eigenvalue weighted by Gasteiger charge is -2.47. The van der Waals surface area contributed by atoms with Crippen LogP contribution in [0.25, 0.3) is 0 Å². The van der Waals surface area contributed by atoms with Gasteiger partial charge in [-0.25, -0.2) is 0 Å². The average molecular weight is 276 g/mol. The van der Waals surface area contributed by atoms with Gasteiger partial charge in [0.05, 0.1) is 5.57 Å². The largest absolute Gasteiger partial charge is 0.384 e. The fraction of sp³-hybridized carbons (Fsp3) is 0.615. The lowest BCUT2D eigenvalue weighted by atomic mass is 9.54. The first-order valence-electron chi connectivity index (χ1n) is 6.60. The summed E-state index contributed by atoms with van der Waals surface area (Å²) in [6.07, 6.45) is 2.36. The van der Waals surface area contributed by atoms with Gasteiger partial charge in [-0.2, -0.15) is 5.26 Å². The van der Waals surface area contributed by atoms with Gasteiger partial charge in [-0.3, -0.25) is 9.59 Å². The average Bonchev–Trinajstić information content (AvgIpc) is 2.73. The molecule has 106 valence electrons. The molecule has 3 atom stereocenters. The highest BCUT2D eigenvalue weighted by molar-refractivity contribution is 6.14. The van der Waals surface area contributed by atoms with E-state index in [0.717, 1.165) is 12.8 Å². The van der Waals surface area contributed by atoms with Gasteiger partial charge in [-0.05, 0) is 19.3 Å². The lowest BCUT2D eigenvalue weighted by molar-refractivity contribution is -0.153. The van der Waals surface area contributed by atoms with Crippen LogP contribution in [0.2, 0.25) is 0 Å². The van der Waals surface area contributed by atoms with Crippen LogP contribution < -0.4 is 16.4 Å². The second kappa shape index (κ2) is 3.52.